The number of hydrogen-bond donors (Lipinski definition) is 1. The van der Waals surface area contributed by atoms with Gasteiger partial charge in [-0.05, 0) is 48.4 Å². The predicted molar refractivity (Wildman–Crippen MR) is 90.5 cm³/mol. The summed E-state index contributed by atoms with van der Waals surface area (Å²) in [6.45, 7) is 3.44. The van der Waals surface area contributed by atoms with Gasteiger partial charge in [-0.25, -0.2) is 0 Å². The van der Waals surface area contributed by atoms with Crippen LogP contribution in [-0.2, 0) is 6.42 Å². The van der Waals surface area contributed by atoms with E-state index in [1.54, 1.807) is 7.11 Å². The Hall–Kier alpha value is -1.68. The van der Waals surface area contributed by atoms with Crippen molar-refractivity contribution in [3.63, 3.8) is 0 Å². The Kier molecular flexibility index (Phi) is 5.93. The minimum absolute atomic E-state index is 0.581. The van der Waals surface area contributed by atoms with E-state index in [9.17, 15) is 0 Å². The summed E-state index contributed by atoms with van der Waals surface area (Å²) in [5, 5.41) is 3.32. The van der Waals surface area contributed by atoms with Crippen LogP contribution < -0.4 is 14.8 Å². The zero-order chi connectivity index (χ0) is 15.1. The van der Waals surface area contributed by atoms with Crippen LogP contribution >= 0.6 is 15.9 Å². The van der Waals surface area contributed by atoms with Gasteiger partial charge in [-0.15, -0.1) is 0 Å². The minimum atomic E-state index is 0.581. The summed E-state index contributed by atoms with van der Waals surface area (Å²) in [7, 11) is 1.67. The van der Waals surface area contributed by atoms with Crippen LogP contribution in [0.5, 0.6) is 11.5 Å². The van der Waals surface area contributed by atoms with Crippen molar-refractivity contribution < 1.29 is 9.47 Å². The van der Waals surface area contributed by atoms with Gasteiger partial charge < -0.3 is 14.8 Å². The van der Waals surface area contributed by atoms with E-state index < -0.39 is 0 Å². The van der Waals surface area contributed by atoms with Crippen LogP contribution in [0.3, 0.4) is 0 Å². The van der Waals surface area contributed by atoms with Gasteiger partial charge in [-0.3, -0.25) is 0 Å². The third kappa shape index (κ3) is 4.67. The maximum Gasteiger partial charge on any atom is 0.161 e. The van der Waals surface area contributed by atoms with E-state index in [4.69, 9.17) is 9.47 Å². The molecular formula is C17H20BrNO2. The third-order valence-corrected chi connectivity index (χ3v) is 3.70. The molecular weight excluding hydrogens is 330 g/mol. The van der Waals surface area contributed by atoms with Gasteiger partial charge in [0, 0.05) is 16.7 Å². The van der Waals surface area contributed by atoms with E-state index in [1.165, 1.54) is 5.56 Å². The zero-order valence-corrected chi connectivity index (χ0v) is 13.9. The molecule has 0 aliphatic carbocycles. The van der Waals surface area contributed by atoms with Gasteiger partial charge in [-0.1, -0.05) is 28.9 Å². The number of benzene rings is 2. The van der Waals surface area contributed by atoms with Crippen LogP contribution in [0.1, 0.15) is 12.5 Å². The first-order valence-electron chi connectivity index (χ1n) is 7.02. The van der Waals surface area contributed by atoms with E-state index in [2.05, 4.69) is 34.2 Å². The molecule has 0 radical (unpaired) electrons. The third-order valence-electron chi connectivity index (χ3n) is 3.17. The SMILES string of the molecule is CCc1ccc(OCCNc2ccc(Br)cc2)c(OC)c1. The molecule has 0 fully saturated rings. The van der Waals surface area contributed by atoms with Gasteiger partial charge in [0.25, 0.3) is 0 Å². The summed E-state index contributed by atoms with van der Waals surface area (Å²) in [5.41, 5.74) is 2.32. The number of hydrogen-bond acceptors (Lipinski definition) is 3. The van der Waals surface area contributed by atoms with Crippen LogP contribution in [0, 0.1) is 0 Å². The summed E-state index contributed by atoms with van der Waals surface area (Å²) in [5.74, 6) is 1.57. The molecule has 0 spiro atoms. The summed E-state index contributed by atoms with van der Waals surface area (Å²) < 4.78 is 12.2. The highest BCUT2D eigenvalue weighted by Crippen LogP contribution is 2.28. The van der Waals surface area contributed by atoms with Crippen molar-refractivity contribution in [1.29, 1.82) is 0 Å². The Morgan fingerprint density at radius 3 is 2.48 bits per heavy atom. The van der Waals surface area contributed by atoms with E-state index in [0.29, 0.717) is 6.61 Å². The fraction of sp³-hybridized carbons (Fsp3) is 0.294. The van der Waals surface area contributed by atoms with E-state index in [1.807, 2.05) is 36.4 Å². The Bertz CT molecular complexity index is 570. The average molecular weight is 350 g/mol. The molecule has 0 saturated carbocycles. The maximum absolute atomic E-state index is 5.78. The standard InChI is InChI=1S/C17H20BrNO2/c1-3-13-4-9-16(17(12-13)20-2)21-11-10-19-15-7-5-14(18)6-8-15/h4-9,12,19H,3,10-11H2,1-2H3. The lowest BCUT2D eigenvalue weighted by atomic mass is 10.1. The normalized spacial score (nSPS) is 10.2. The van der Waals surface area contributed by atoms with E-state index >= 15 is 0 Å². The van der Waals surface area contributed by atoms with E-state index in [0.717, 1.165) is 34.6 Å². The average Bonchev–Trinajstić information content (AvgIpc) is 2.53. The molecule has 0 aromatic heterocycles. The van der Waals surface area contributed by atoms with Crippen molar-refractivity contribution >= 4 is 21.6 Å². The molecule has 3 nitrogen and oxygen atoms in total. The first-order valence-corrected chi connectivity index (χ1v) is 7.81. The van der Waals surface area contributed by atoms with Crippen LogP contribution in [0.2, 0.25) is 0 Å². The van der Waals surface area contributed by atoms with Gasteiger partial charge in [0.2, 0.25) is 0 Å². The quantitative estimate of drug-likeness (QED) is 0.746. The maximum atomic E-state index is 5.78. The second-order valence-electron chi connectivity index (χ2n) is 4.62. The first-order chi connectivity index (χ1) is 10.2. The highest BCUT2D eigenvalue weighted by atomic mass is 79.9. The Labute approximate surface area is 134 Å². The fourth-order valence-corrected chi connectivity index (χ4v) is 2.24. The number of anilines is 1. The molecule has 0 bridgehead atoms. The number of halogens is 1. The Morgan fingerprint density at radius 2 is 1.81 bits per heavy atom. The van der Waals surface area contributed by atoms with Crippen molar-refractivity contribution in [3.05, 3.63) is 52.5 Å². The first kappa shape index (κ1) is 15.7. The number of ether oxygens (including phenoxy) is 2. The van der Waals surface area contributed by atoms with Crippen molar-refractivity contribution in [2.24, 2.45) is 0 Å². The number of rotatable bonds is 7. The molecule has 0 amide bonds. The molecule has 2 rings (SSSR count). The molecule has 0 heterocycles. The molecule has 112 valence electrons. The molecule has 0 atom stereocenters. The summed E-state index contributed by atoms with van der Waals surface area (Å²) in [4.78, 5) is 0. The molecule has 4 heteroatoms. The van der Waals surface area contributed by atoms with Gasteiger partial charge >= 0.3 is 0 Å². The van der Waals surface area contributed by atoms with Crippen molar-refractivity contribution in [2.75, 3.05) is 25.6 Å². The number of nitrogens with one attached hydrogen (secondary N) is 1. The summed E-state index contributed by atoms with van der Waals surface area (Å²) in [6.07, 6.45) is 0.988. The molecule has 0 aliphatic heterocycles. The summed E-state index contributed by atoms with van der Waals surface area (Å²) in [6, 6.07) is 14.1. The monoisotopic (exact) mass is 349 g/mol. The number of methoxy groups -OCH3 is 1. The van der Waals surface area contributed by atoms with Gasteiger partial charge in [0.1, 0.15) is 6.61 Å². The smallest absolute Gasteiger partial charge is 0.161 e. The number of aryl methyl sites for hydroxylation is 1. The van der Waals surface area contributed by atoms with Gasteiger partial charge in [0.05, 0.1) is 7.11 Å². The molecule has 2 aromatic rings. The summed E-state index contributed by atoms with van der Waals surface area (Å²) >= 11 is 3.42. The fourth-order valence-electron chi connectivity index (χ4n) is 1.98. The highest BCUT2D eigenvalue weighted by Gasteiger charge is 2.04. The van der Waals surface area contributed by atoms with Crippen molar-refractivity contribution in [3.8, 4) is 11.5 Å². The second-order valence-corrected chi connectivity index (χ2v) is 5.54. The second kappa shape index (κ2) is 7.93. The Balaban J connectivity index is 1.84. The van der Waals surface area contributed by atoms with Crippen molar-refractivity contribution in [2.45, 2.75) is 13.3 Å². The van der Waals surface area contributed by atoms with Gasteiger partial charge in [-0.2, -0.15) is 0 Å². The van der Waals surface area contributed by atoms with Crippen LogP contribution in [0.15, 0.2) is 46.9 Å². The lowest BCUT2D eigenvalue weighted by Crippen LogP contribution is -2.11. The molecule has 1 N–H and O–H groups in total. The lowest BCUT2D eigenvalue weighted by molar-refractivity contribution is 0.305. The van der Waals surface area contributed by atoms with Crippen molar-refractivity contribution in [1.82, 2.24) is 0 Å². The largest absolute Gasteiger partial charge is 0.493 e. The van der Waals surface area contributed by atoms with Crippen LogP contribution in [-0.4, -0.2) is 20.3 Å². The van der Waals surface area contributed by atoms with E-state index in [-0.39, 0.29) is 0 Å². The molecule has 21 heavy (non-hydrogen) atoms. The predicted octanol–water partition coefficient (Wildman–Crippen LogP) is 4.51. The van der Waals surface area contributed by atoms with Gasteiger partial charge in [0.15, 0.2) is 11.5 Å². The zero-order valence-electron chi connectivity index (χ0n) is 12.4. The van der Waals surface area contributed by atoms with Crippen LogP contribution in [0.4, 0.5) is 5.69 Å². The molecule has 0 saturated heterocycles. The van der Waals surface area contributed by atoms with Crippen LogP contribution in [0.25, 0.3) is 0 Å². The molecule has 0 aliphatic rings. The molecule has 0 unspecified atom stereocenters. The minimum Gasteiger partial charge on any atom is -0.493 e. The highest BCUT2D eigenvalue weighted by molar-refractivity contribution is 9.10. The Morgan fingerprint density at radius 1 is 1.05 bits per heavy atom. The topological polar surface area (TPSA) is 30.5 Å². The lowest BCUT2D eigenvalue weighted by Gasteiger charge is -2.12. The molecule has 2 aromatic carbocycles.